The summed E-state index contributed by atoms with van der Waals surface area (Å²) in [6.45, 7) is 0. The third-order valence-electron chi connectivity index (χ3n) is 3.44. The monoisotopic (exact) mass is 288 g/mol. The molecule has 2 atom stereocenters. The second kappa shape index (κ2) is 6.02. The zero-order valence-corrected chi connectivity index (χ0v) is 12.0. The van der Waals surface area contributed by atoms with Gasteiger partial charge in [0.15, 0.2) is 0 Å². The van der Waals surface area contributed by atoms with Gasteiger partial charge in [0.25, 0.3) is 0 Å². The van der Waals surface area contributed by atoms with Gasteiger partial charge in [-0.1, -0.05) is 24.4 Å². The highest BCUT2D eigenvalue weighted by molar-refractivity contribution is 7.99. The molecule has 0 aromatic heterocycles. The second-order valence-electron chi connectivity index (χ2n) is 4.66. The molecular weight excluding hydrogens is 271 g/mol. The zero-order valence-electron chi connectivity index (χ0n) is 10.4. The first-order chi connectivity index (χ1) is 8.61. The molecule has 0 bridgehead atoms. The lowest BCUT2D eigenvalue weighted by Crippen LogP contribution is -2.34. The normalized spacial score (nSPS) is 23.9. The third kappa shape index (κ3) is 3.04. The fourth-order valence-electron chi connectivity index (χ4n) is 2.43. The Hall–Kier alpha value is -0.610. The largest absolute Gasteiger partial charge is 0.397 e. The molecule has 1 aliphatic rings. The quantitative estimate of drug-likeness (QED) is 0.821. The van der Waals surface area contributed by atoms with Crippen LogP contribution in [0.25, 0.3) is 0 Å². The molecule has 1 fully saturated rings. The van der Waals surface area contributed by atoms with Crippen LogP contribution >= 0.6 is 23.4 Å². The van der Waals surface area contributed by atoms with Crippen LogP contribution < -0.4 is 11.1 Å². The number of thioether (sulfide) groups is 1. The van der Waals surface area contributed by atoms with Crippen LogP contribution in [-0.4, -0.2) is 17.5 Å². The molecular formula is C13H18ClFN2S. The Labute approximate surface area is 116 Å². The number of halogens is 2. The molecule has 0 saturated heterocycles. The van der Waals surface area contributed by atoms with Crippen molar-refractivity contribution in [2.24, 2.45) is 0 Å². The molecule has 0 amide bonds. The lowest BCUT2D eigenvalue weighted by atomic mass is 9.94. The average molecular weight is 289 g/mol. The van der Waals surface area contributed by atoms with Gasteiger partial charge >= 0.3 is 0 Å². The van der Waals surface area contributed by atoms with E-state index in [2.05, 4.69) is 11.6 Å². The lowest BCUT2D eigenvalue weighted by molar-refractivity contribution is 0.475. The number of hydrogen-bond donors (Lipinski definition) is 2. The summed E-state index contributed by atoms with van der Waals surface area (Å²) in [6.07, 6.45) is 6.92. The summed E-state index contributed by atoms with van der Waals surface area (Å²) in [5.41, 5.74) is 7.04. The smallest absolute Gasteiger partial charge is 0.143 e. The number of hydrogen-bond acceptors (Lipinski definition) is 3. The van der Waals surface area contributed by atoms with E-state index in [1.807, 2.05) is 11.8 Å². The molecule has 2 rings (SSSR count). The molecule has 1 aliphatic carbocycles. The van der Waals surface area contributed by atoms with E-state index in [1.54, 1.807) is 0 Å². The Kier molecular flexibility index (Phi) is 4.62. The minimum absolute atomic E-state index is 0.0723. The Morgan fingerprint density at radius 3 is 2.83 bits per heavy atom. The molecule has 100 valence electrons. The maximum Gasteiger partial charge on any atom is 0.143 e. The molecule has 3 N–H and O–H groups in total. The summed E-state index contributed by atoms with van der Waals surface area (Å²) in [5.74, 6) is -0.426. The first-order valence-electron chi connectivity index (χ1n) is 6.15. The summed E-state index contributed by atoms with van der Waals surface area (Å²) in [7, 11) is 0. The number of nitrogens with one attached hydrogen (secondary N) is 1. The first kappa shape index (κ1) is 13.8. The molecule has 0 aliphatic heterocycles. The van der Waals surface area contributed by atoms with E-state index in [1.165, 1.54) is 31.4 Å². The van der Waals surface area contributed by atoms with E-state index in [4.69, 9.17) is 17.3 Å². The molecule has 5 heteroatoms. The van der Waals surface area contributed by atoms with Gasteiger partial charge in [-0.15, -0.1) is 0 Å². The van der Waals surface area contributed by atoms with E-state index in [9.17, 15) is 4.39 Å². The minimum Gasteiger partial charge on any atom is -0.397 e. The Bertz CT molecular complexity index is 428. The van der Waals surface area contributed by atoms with Gasteiger partial charge in [0.05, 0.1) is 16.4 Å². The van der Waals surface area contributed by atoms with Crippen LogP contribution in [0.5, 0.6) is 0 Å². The van der Waals surface area contributed by atoms with Gasteiger partial charge in [0.1, 0.15) is 5.82 Å². The van der Waals surface area contributed by atoms with Crippen molar-refractivity contribution < 1.29 is 4.39 Å². The molecule has 0 radical (unpaired) electrons. The van der Waals surface area contributed by atoms with E-state index < -0.39 is 5.82 Å². The SMILES string of the molecule is CSC1CCCCC1Nc1cc(F)c(Cl)cc1N. The minimum atomic E-state index is -0.426. The summed E-state index contributed by atoms with van der Waals surface area (Å²) >= 11 is 7.56. The summed E-state index contributed by atoms with van der Waals surface area (Å²) in [5, 5.41) is 4.01. The molecule has 0 spiro atoms. The van der Waals surface area contributed by atoms with Crippen LogP contribution in [0.4, 0.5) is 15.8 Å². The van der Waals surface area contributed by atoms with E-state index >= 15 is 0 Å². The van der Waals surface area contributed by atoms with Gasteiger partial charge < -0.3 is 11.1 Å². The van der Waals surface area contributed by atoms with Gasteiger partial charge in [-0.05, 0) is 25.2 Å². The van der Waals surface area contributed by atoms with Crippen molar-refractivity contribution in [3.63, 3.8) is 0 Å². The predicted molar refractivity (Wildman–Crippen MR) is 79.0 cm³/mol. The number of rotatable bonds is 3. The lowest BCUT2D eigenvalue weighted by Gasteiger charge is -2.32. The van der Waals surface area contributed by atoms with E-state index in [-0.39, 0.29) is 5.02 Å². The van der Waals surface area contributed by atoms with Crippen LogP contribution in [0.2, 0.25) is 5.02 Å². The van der Waals surface area contributed by atoms with Crippen molar-refractivity contribution in [3.05, 3.63) is 23.0 Å². The zero-order chi connectivity index (χ0) is 13.1. The highest BCUT2D eigenvalue weighted by atomic mass is 35.5. The van der Waals surface area contributed by atoms with Crippen molar-refractivity contribution in [2.45, 2.75) is 37.0 Å². The first-order valence-corrected chi connectivity index (χ1v) is 7.82. The fourth-order valence-corrected chi connectivity index (χ4v) is 3.54. The molecule has 1 aromatic rings. The molecule has 0 heterocycles. The fraction of sp³-hybridized carbons (Fsp3) is 0.538. The van der Waals surface area contributed by atoms with Gasteiger partial charge in [0.2, 0.25) is 0 Å². The summed E-state index contributed by atoms with van der Waals surface area (Å²) in [6, 6.07) is 3.22. The van der Waals surface area contributed by atoms with E-state index in [0.717, 1.165) is 6.42 Å². The highest BCUT2D eigenvalue weighted by Crippen LogP contribution is 2.32. The standard InChI is InChI=1S/C13H18ClFN2S/c1-18-13-5-3-2-4-11(13)17-12-7-9(15)8(14)6-10(12)16/h6-7,11,13,17H,2-5,16H2,1H3. The van der Waals surface area contributed by atoms with Gasteiger partial charge in [-0.3, -0.25) is 0 Å². The van der Waals surface area contributed by atoms with Crippen molar-refractivity contribution in [1.82, 2.24) is 0 Å². The number of benzene rings is 1. The Morgan fingerprint density at radius 1 is 1.39 bits per heavy atom. The van der Waals surface area contributed by atoms with Gasteiger partial charge in [-0.25, -0.2) is 4.39 Å². The third-order valence-corrected chi connectivity index (χ3v) is 4.90. The van der Waals surface area contributed by atoms with Gasteiger partial charge in [0, 0.05) is 17.4 Å². The maximum atomic E-state index is 13.5. The van der Waals surface area contributed by atoms with Crippen LogP contribution in [0.15, 0.2) is 12.1 Å². The van der Waals surface area contributed by atoms with E-state index in [0.29, 0.717) is 22.7 Å². The van der Waals surface area contributed by atoms with Crippen LogP contribution in [0, 0.1) is 5.82 Å². The highest BCUT2D eigenvalue weighted by Gasteiger charge is 2.24. The summed E-state index contributed by atoms with van der Waals surface area (Å²) < 4.78 is 13.5. The van der Waals surface area contributed by atoms with Crippen LogP contribution in [0.1, 0.15) is 25.7 Å². The molecule has 18 heavy (non-hydrogen) atoms. The number of nitrogens with two attached hydrogens (primary N) is 1. The second-order valence-corrected chi connectivity index (χ2v) is 6.15. The van der Waals surface area contributed by atoms with Crippen LogP contribution in [0.3, 0.4) is 0 Å². The molecule has 1 aromatic carbocycles. The van der Waals surface area contributed by atoms with Crippen molar-refractivity contribution >= 4 is 34.7 Å². The number of anilines is 2. The predicted octanol–water partition coefficient (Wildman–Crippen LogP) is 4.15. The molecule has 2 unspecified atom stereocenters. The topological polar surface area (TPSA) is 38.0 Å². The van der Waals surface area contributed by atoms with Crippen molar-refractivity contribution in [2.75, 3.05) is 17.3 Å². The Morgan fingerprint density at radius 2 is 2.11 bits per heavy atom. The molecule has 1 saturated carbocycles. The van der Waals surface area contributed by atoms with Crippen molar-refractivity contribution in [3.8, 4) is 0 Å². The van der Waals surface area contributed by atoms with Gasteiger partial charge in [-0.2, -0.15) is 11.8 Å². The maximum absolute atomic E-state index is 13.5. The number of nitrogen functional groups attached to an aromatic ring is 1. The summed E-state index contributed by atoms with van der Waals surface area (Å²) in [4.78, 5) is 0. The van der Waals surface area contributed by atoms with Crippen LogP contribution in [-0.2, 0) is 0 Å². The average Bonchev–Trinajstić information content (AvgIpc) is 2.36. The van der Waals surface area contributed by atoms with Crippen molar-refractivity contribution in [1.29, 1.82) is 0 Å². The Balaban J connectivity index is 2.15. The molecule has 2 nitrogen and oxygen atoms in total.